The summed E-state index contributed by atoms with van der Waals surface area (Å²) in [6.45, 7) is 5.57. The Balaban J connectivity index is 1.56. The number of halogens is 1. The summed E-state index contributed by atoms with van der Waals surface area (Å²) >= 11 is 0. The van der Waals surface area contributed by atoms with Gasteiger partial charge in [0.15, 0.2) is 0 Å². The molecule has 34 heavy (non-hydrogen) atoms. The summed E-state index contributed by atoms with van der Waals surface area (Å²) in [6.07, 6.45) is 1.47. The Kier molecular flexibility index (Phi) is 7.26. The SMILES string of the molecule is CC[C@@H](C(=O)Nc1cc(C)ccc1N1CCCN(Cc2ccc(F)cc2)C1=O)c1ccccc1. The Morgan fingerprint density at radius 3 is 2.47 bits per heavy atom. The van der Waals surface area contributed by atoms with Gasteiger partial charge in [0.25, 0.3) is 0 Å². The lowest BCUT2D eigenvalue weighted by Crippen LogP contribution is -2.49. The van der Waals surface area contributed by atoms with Crippen LogP contribution >= 0.6 is 0 Å². The van der Waals surface area contributed by atoms with Crippen LogP contribution in [0.1, 0.15) is 42.4 Å². The lowest BCUT2D eigenvalue weighted by atomic mass is 9.95. The highest BCUT2D eigenvalue weighted by molar-refractivity contribution is 6.02. The van der Waals surface area contributed by atoms with E-state index in [0.717, 1.165) is 23.1 Å². The Hall–Kier alpha value is -3.67. The number of amides is 3. The number of carbonyl (C=O) groups excluding carboxylic acids is 2. The number of hydrogen-bond donors (Lipinski definition) is 1. The Morgan fingerprint density at radius 1 is 1.03 bits per heavy atom. The van der Waals surface area contributed by atoms with E-state index in [2.05, 4.69) is 5.32 Å². The third kappa shape index (κ3) is 5.28. The quantitative estimate of drug-likeness (QED) is 0.464. The van der Waals surface area contributed by atoms with E-state index < -0.39 is 0 Å². The normalized spacial score (nSPS) is 14.7. The second-order valence-corrected chi connectivity index (χ2v) is 8.72. The number of rotatable bonds is 7. The molecule has 1 atom stereocenters. The molecule has 4 rings (SSSR count). The van der Waals surface area contributed by atoms with Crippen LogP contribution in [-0.4, -0.2) is 29.9 Å². The molecule has 3 amide bonds. The minimum Gasteiger partial charge on any atom is -0.324 e. The van der Waals surface area contributed by atoms with E-state index in [4.69, 9.17) is 0 Å². The summed E-state index contributed by atoms with van der Waals surface area (Å²) in [6, 6.07) is 21.6. The van der Waals surface area contributed by atoms with Crippen LogP contribution in [0.5, 0.6) is 0 Å². The molecule has 3 aromatic carbocycles. The topological polar surface area (TPSA) is 52.7 Å². The first-order valence-electron chi connectivity index (χ1n) is 11.7. The highest BCUT2D eigenvalue weighted by Crippen LogP contribution is 2.32. The summed E-state index contributed by atoms with van der Waals surface area (Å²) in [4.78, 5) is 30.1. The summed E-state index contributed by atoms with van der Waals surface area (Å²) in [7, 11) is 0. The van der Waals surface area contributed by atoms with Crippen molar-refractivity contribution in [1.82, 2.24) is 4.90 Å². The molecule has 0 bridgehead atoms. The van der Waals surface area contributed by atoms with Crippen LogP contribution < -0.4 is 10.2 Å². The minimum absolute atomic E-state index is 0.0897. The van der Waals surface area contributed by atoms with Crippen LogP contribution in [-0.2, 0) is 11.3 Å². The third-order valence-corrected chi connectivity index (χ3v) is 6.23. The fourth-order valence-electron chi connectivity index (χ4n) is 4.43. The second-order valence-electron chi connectivity index (χ2n) is 8.72. The summed E-state index contributed by atoms with van der Waals surface area (Å²) < 4.78 is 13.3. The maximum absolute atomic E-state index is 13.4. The van der Waals surface area contributed by atoms with Crippen molar-refractivity contribution in [3.63, 3.8) is 0 Å². The first-order valence-corrected chi connectivity index (χ1v) is 11.7. The lowest BCUT2D eigenvalue weighted by Gasteiger charge is -2.36. The number of nitrogens with zero attached hydrogens (tertiary/aromatic N) is 2. The zero-order chi connectivity index (χ0) is 24.1. The van der Waals surface area contributed by atoms with Crippen molar-refractivity contribution in [2.24, 2.45) is 0 Å². The smallest absolute Gasteiger partial charge is 0.324 e. The molecule has 0 saturated carbocycles. The molecule has 0 unspecified atom stereocenters. The number of benzene rings is 3. The monoisotopic (exact) mass is 459 g/mol. The van der Waals surface area contributed by atoms with Gasteiger partial charge in [0.2, 0.25) is 5.91 Å². The van der Waals surface area contributed by atoms with Crippen LogP contribution in [0.3, 0.4) is 0 Å². The van der Waals surface area contributed by atoms with Crippen molar-refractivity contribution in [2.75, 3.05) is 23.3 Å². The second kappa shape index (κ2) is 10.5. The van der Waals surface area contributed by atoms with Gasteiger partial charge >= 0.3 is 6.03 Å². The molecule has 1 N–H and O–H groups in total. The van der Waals surface area contributed by atoms with Gasteiger partial charge in [0.1, 0.15) is 5.82 Å². The largest absolute Gasteiger partial charge is 0.324 e. The van der Waals surface area contributed by atoms with Crippen LogP contribution in [0.2, 0.25) is 0 Å². The average molecular weight is 460 g/mol. The van der Waals surface area contributed by atoms with Gasteiger partial charge < -0.3 is 10.2 Å². The fraction of sp³-hybridized carbons (Fsp3) is 0.286. The van der Waals surface area contributed by atoms with E-state index in [0.29, 0.717) is 37.4 Å². The van der Waals surface area contributed by atoms with Gasteiger partial charge in [-0.05, 0) is 60.7 Å². The standard InChI is InChI=1S/C28H30FN3O2/c1-3-24(22-8-5-4-6-9-22)27(33)30-25-18-20(2)10-15-26(25)32-17-7-16-31(28(32)34)19-21-11-13-23(29)14-12-21/h4-6,8-15,18,24H,3,7,16-17,19H2,1-2H3,(H,30,33)/t24-/m1/s1. The molecule has 0 aliphatic carbocycles. The molecule has 176 valence electrons. The van der Waals surface area contributed by atoms with Gasteiger partial charge in [-0.2, -0.15) is 0 Å². The van der Waals surface area contributed by atoms with Crippen molar-refractivity contribution in [1.29, 1.82) is 0 Å². The summed E-state index contributed by atoms with van der Waals surface area (Å²) in [5, 5.41) is 3.10. The molecule has 1 fully saturated rings. The number of hydrogen-bond acceptors (Lipinski definition) is 2. The van der Waals surface area contributed by atoms with Gasteiger partial charge in [0, 0.05) is 19.6 Å². The number of anilines is 2. The van der Waals surface area contributed by atoms with Crippen molar-refractivity contribution < 1.29 is 14.0 Å². The molecule has 0 spiro atoms. The minimum atomic E-state index is -0.295. The Bertz CT molecular complexity index is 1150. The van der Waals surface area contributed by atoms with Crippen LogP contribution in [0.25, 0.3) is 0 Å². The molecule has 0 radical (unpaired) electrons. The Morgan fingerprint density at radius 2 is 1.76 bits per heavy atom. The van der Waals surface area contributed by atoms with Crippen molar-refractivity contribution in [3.8, 4) is 0 Å². The van der Waals surface area contributed by atoms with E-state index in [9.17, 15) is 14.0 Å². The lowest BCUT2D eigenvalue weighted by molar-refractivity contribution is -0.117. The van der Waals surface area contributed by atoms with E-state index >= 15 is 0 Å². The highest BCUT2D eigenvalue weighted by Gasteiger charge is 2.29. The molecular formula is C28H30FN3O2. The molecule has 6 heteroatoms. The van der Waals surface area contributed by atoms with Gasteiger partial charge in [-0.15, -0.1) is 0 Å². The Labute approximate surface area is 200 Å². The molecular weight excluding hydrogens is 429 g/mol. The first kappa shape index (κ1) is 23.5. The van der Waals surface area contributed by atoms with Crippen molar-refractivity contribution >= 4 is 23.3 Å². The van der Waals surface area contributed by atoms with Crippen LogP contribution in [0.4, 0.5) is 20.6 Å². The molecule has 1 heterocycles. The average Bonchev–Trinajstić information content (AvgIpc) is 2.83. The summed E-state index contributed by atoms with van der Waals surface area (Å²) in [5.74, 6) is -0.661. The van der Waals surface area contributed by atoms with E-state index in [1.165, 1.54) is 12.1 Å². The number of nitrogens with one attached hydrogen (secondary N) is 1. The number of urea groups is 1. The fourth-order valence-corrected chi connectivity index (χ4v) is 4.43. The zero-order valence-electron chi connectivity index (χ0n) is 19.6. The molecule has 1 saturated heterocycles. The summed E-state index contributed by atoms with van der Waals surface area (Å²) in [5.41, 5.74) is 4.17. The maximum Gasteiger partial charge on any atom is 0.324 e. The predicted molar refractivity (Wildman–Crippen MR) is 133 cm³/mol. The molecule has 0 aromatic heterocycles. The van der Waals surface area contributed by atoms with Gasteiger partial charge in [0.05, 0.1) is 17.3 Å². The van der Waals surface area contributed by atoms with Crippen LogP contribution in [0, 0.1) is 12.7 Å². The molecule has 3 aromatic rings. The van der Waals surface area contributed by atoms with Crippen molar-refractivity contribution in [3.05, 3.63) is 95.3 Å². The predicted octanol–water partition coefficient (Wildman–Crippen LogP) is 6.10. The zero-order valence-corrected chi connectivity index (χ0v) is 19.6. The number of carbonyl (C=O) groups is 2. The van der Waals surface area contributed by atoms with Crippen molar-refractivity contribution in [2.45, 2.75) is 39.2 Å². The molecule has 5 nitrogen and oxygen atoms in total. The first-order chi connectivity index (χ1) is 16.5. The molecule has 1 aliphatic heterocycles. The maximum atomic E-state index is 13.4. The highest BCUT2D eigenvalue weighted by atomic mass is 19.1. The number of aryl methyl sites for hydroxylation is 1. The van der Waals surface area contributed by atoms with Gasteiger partial charge in [-0.3, -0.25) is 9.69 Å². The molecule has 1 aliphatic rings. The van der Waals surface area contributed by atoms with E-state index in [1.54, 1.807) is 21.9 Å². The van der Waals surface area contributed by atoms with Gasteiger partial charge in [-0.25, -0.2) is 9.18 Å². The van der Waals surface area contributed by atoms with Crippen LogP contribution in [0.15, 0.2) is 72.8 Å². The van der Waals surface area contributed by atoms with Gasteiger partial charge in [-0.1, -0.05) is 55.5 Å². The third-order valence-electron chi connectivity index (χ3n) is 6.23. The van der Waals surface area contributed by atoms with E-state index in [-0.39, 0.29) is 23.7 Å². The van der Waals surface area contributed by atoms with E-state index in [1.807, 2.05) is 62.4 Å².